The first-order chi connectivity index (χ1) is 62.3. The summed E-state index contributed by atoms with van der Waals surface area (Å²) in [5, 5.41) is 70.1. The average molecular weight is 1760 g/mol. The fraction of sp³-hybridized carbons (Fsp3) is 0.151. The molecule has 4 aromatic heterocycles. The van der Waals surface area contributed by atoms with Crippen LogP contribution in [-0.4, -0.2) is 91.0 Å². The number of imide groups is 1. The molecule has 12 heterocycles. The summed E-state index contributed by atoms with van der Waals surface area (Å²) in [6, 6.07) is 78.3. The molecular weight excluding hydrogens is 1680 g/mol. The number of benzene rings is 8. The van der Waals surface area contributed by atoms with Gasteiger partial charge in [-0.3, -0.25) is 75.0 Å². The number of amides is 2. The van der Waals surface area contributed by atoms with Crippen LogP contribution in [0.1, 0.15) is 141 Å². The molecular formula is C93H78N22O10S3. The summed E-state index contributed by atoms with van der Waals surface area (Å²) in [7, 11) is 0. The molecule has 7 unspecified atom stereocenters. The molecule has 0 bridgehead atoms. The number of thioether (sulfide) groups is 3. The van der Waals surface area contributed by atoms with Crippen molar-refractivity contribution in [1.82, 2.24) is 47.0 Å². The van der Waals surface area contributed by atoms with Crippen LogP contribution in [0, 0.1) is 40.5 Å². The van der Waals surface area contributed by atoms with E-state index in [4.69, 9.17) is 10.1 Å². The highest BCUT2D eigenvalue weighted by Gasteiger charge is 2.39. The van der Waals surface area contributed by atoms with E-state index in [0.29, 0.717) is 35.8 Å². The Hall–Kier alpha value is -15.5. The van der Waals surface area contributed by atoms with Crippen molar-refractivity contribution >= 4 is 127 Å². The monoisotopic (exact) mass is 1760 g/mol. The molecule has 638 valence electrons. The van der Waals surface area contributed by atoms with Crippen LogP contribution in [0.15, 0.2) is 343 Å². The van der Waals surface area contributed by atoms with Gasteiger partial charge in [-0.15, -0.1) is 11.8 Å². The van der Waals surface area contributed by atoms with Gasteiger partial charge >= 0.3 is 0 Å². The van der Waals surface area contributed by atoms with Gasteiger partial charge in [-0.25, -0.2) is 20.3 Å². The summed E-state index contributed by atoms with van der Waals surface area (Å²) in [5.41, 5.74) is 30.6. The molecule has 35 heteroatoms. The van der Waals surface area contributed by atoms with Gasteiger partial charge in [0, 0.05) is 133 Å². The standard InChI is InChI=1S/C28H19N5O4.C24H20N6O4.C23H21N5S2.C18H18N6O2S/c34-27-23-7-4-16-29-26(23)28(35)31(27)20-12-8-18(9-13-20)24-17-25(19-10-14-22(15-11-19)33(36)37)32(30-24)21-5-2-1-3-6-21;31-29(32)19-8-4-15(5-9-19)21-13-23(27-25-21)17-2-1-3-18(12-17)24-14-22(26-28-24)16-6-10-20(11-7-16)30(33)34;1-15-22(30-23(26-15)28-21-8-4-5-11-25-21)18-14-20(16-9-12-24-13-10-16)29-19-7-3-2-6-17(19)27-18;1-11-17(27-18(20-11)21-16-4-2-3-9-19-16)15-10-14(22-23-15)12-5-7-13(8-6-12)24(25)26/h1-16,25H,17H2;1-12,21-22,25-26H,13-14H2;2-13,20,23,26H,14H2,1H3,(H,25,28);2-9,14,18,22-23H,10H2,1H3,(H,19,21). The lowest BCUT2D eigenvalue weighted by molar-refractivity contribution is -0.385. The Kier molecular flexibility index (Phi) is 25.4. The second-order valence-electron chi connectivity index (χ2n) is 30.2. The van der Waals surface area contributed by atoms with E-state index in [-0.39, 0.29) is 68.5 Å². The van der Waals surface area contributed by atoms with Crippen molar-refractivity contribution in [3.05, 3.63) is 409 Å². The highest BCUT2D eigenvalue weighted by atomic mass is 32.2. The Balaban J connectivity index is 0.000000121. The molecule has 8 aromatic carbocycles. The molecule has 0 saturated carbocycles. The van der Waals surface area contributed by atoms with Crippen molar-refractivity contribution in [2.75, 3.05) is 20.5 Å². The molecule has 8 aliphatic rings. The third-order valence-corrected chi connectivity index (χ3v) is 25.7. The van der Waals surface area contributed by atoms with Crippen LogP contribution in [0.5, 0.6) is 0 Å². The van der Waals surface area contributed by atoms with E-state index < -0.39 is 26.6 Å². The molecule has 0 spiro atoms. The van der Waals surface area contributed by atoms with Crippen LogP contribution in [0.25, 0.3) is 0 Å². The van der Waals surface area contributed by atoms with Gasteiger partial charge in [-0.05, 0) is 149 Å². The fourth-order valence-corrected chi connectivity index (χ4v) is 18.9. The molecule has 0 aliphatic carbocycles. The van der Waals surface area contributed by atoms with Gasteiger partial charge in [0.2, 0.25) is 0 Å². The summed E-state index contributed by atoms with van der Waals surface area (Å²) in [4.78, 5) is 99.0. The molecule has 128 heavy (non-hydrogen) atoms. The lowest BCUT2D eigenvalue weighted by atomic mass is 9.95. The number of fused-ring (bicyclic) bond motifs is 2. The van der Waals surface area contributed by atoms with Gasteiger partial charge < -0.3 is 32.2 Å². The minimum atomic E-state index is -0.444. The maximum atomic E-state index is 12.8. The number of hydrogen-bond donors (Lipinski definition) is 7. The number of hydrazone groups is 3. The van der Waals surface area contributed by atoms with E-state index in [2.05, 4.69) is 122 Å². The van der Waals surface area contributed by atoms with Crippen molar-refractivity contribution in [2.45, 2.75) is 91.3 Å². The molecule has 8 aliphatic heterocycles. The molecule has 12 aromatic rings. The van der Waals surface area contributed by atoms with E-state index in [9.17, 15) is 50.0 Å². The largest absolute Gasteiger partial charge is 0.359 e. The summed E-state index contributed by atoms with van der Waals surface area (Å²) >= 11 is 5.29. The number of nitro groups is 4. The Morgan fingerprint density at radius 2 is 1.00 bits per heavy atom. The number of carbonyl (C=O) groups excluding carboxylic acids is 2. The number of para-hydroxylation sites is 2. The number of carbonyl (C=O) groups is 2. The van der Waals surface area contributed by atoms with Crippen molar-refractivity contribution in [3.63, 3.8) is 0 Å². The summed E-state index contributed by atoms with van der Waals surface area (Å²) < 4.78 is 0. The molecule has 7 atom stereocenters. The molecule has 1 fully saturated rings. The zero-order valence-electron chi connectivity index (χ0n) is 68.3. The van der Waals surface area contributed by atoms with Crippen LogP contribution in [0.4, 0.5) is 51.4 Å². The average Bonchev–Trinajstić information content (AvgIpc) is 1.61. The molecule has 0 radical (unpaired) electrons. The summed E-state index contributed by atoms with van der Waals surface area (Å²) in [6.07, 6.45) is 12.3. The van der Waals surface area contributed by atoms with Gasteiger partial charge in [-0.1, -0.05) is 145 Å². The molecule has 7 N–H and O–H groups in total. The number of hydrogen-bond acceptors (Lipinski definition) is 30. The molecule has 1 saturated heterocycles. The highest BCUT2D eigenvalue weighted by molar-refractivity contribution is 8.05. The number of rotatable bonds is 19. The predicted octanol–water partition coefficient (Wildman–Crippen LogP) is 18.6. The van der Waals surface area contributed by atoms with Gasteiger partial charge in [0.05, 0.1) is 105 Å². The smallest absolute Gasteiger partial charge is 0.284 e. The summed E-state index contributed by atoms with van der Waals surface area (Å²) in [6.45, 7) is 4.12. The molecule has 32 nitrogen and oxygen atoms in total. The van der Waals surface area contributed by atoms with Crippen LogP contribution >= 0.6 is 35.3 Å². The van der Waals surface area contributed by atoms with E-state index >= 15 is 0 Å². The van der Waals surface area contributed by atoms with Crippen molar-refractivity contribution in [2.24, 2.45) is 25.3 Å². The number of pyridine rings is 4. The van der Waals surface area contributed by atoms with Gasteiger partial charge in [-0.2, -0.15) is 15.3 Å². The highest BCUT2D eigenvalue weighted by Crippen LogP contribution is 2.48. The van der Waals surface area contributed by atoms with Crippen LogP contribution < -0.4 is 47.6 Å². The van der Waals surface area contributed by atoms with Crippen LogP contribution in [0.3, 0.4) is 0 Å². The Labute approximate surface area is 745 Å². The van der Waals surface area contributed by atoms with Crippen molar-refractivity contribution in [3.8, 4) is 0 Å². The number of allylic oxidation sites excluding steroid dienone is 3. The van der Waals surface area contributed by atoms with Gasteiger partial charge in [0.1, 0.15) is 17.3 Å². The Morgan fingerprint density at radius 3 is 1.58 bits per heavy atom. The second kappa shape index (κ2) is 38.3. The SMILES string of the molecule is CC1=C(C2=Nc3ccccc3SC(c3ccncc3)C2)SC(Nc2ccccn2)N1.CC1=NC(Nc2ccccn2)SC1=C1CC(c2ccc([N+](=O)[O-])cc2)NN1.O=C1c2cccnc2C(=O)N1c1ccc(C2=NN(c3ccccc3)C(c3ccc([N+](=O)[O-])cc3)C2)cc1.O=[N+]([O-])c1ccc(C2CC(c3cccc(C4=NNC(c5ccc([N+](=O)[O-])cc5)C4)c3)=NN2)cc1. The third-order valence-electron chi connectivity index (χ3n) is 21.9. The second-order valence-corrected chi connectivity index (χ2v) is 33.6. The number of hydrazine groups is 1. The minimum absolute atomic E-state index is 0.0307. The number of nitrogens with one attached hydrogen (secondary N) is 7. The van der Waals surface area contributed by atoms with Crippen molar-refractivity contribution in [1.29, 1.82) is 0 Å². The van der Waals surface area contributed by atoms with Crippen LogP contribution in [0.2, 0.25) is 0 Å². The number of aromatic nitrogens is 4. The summed E-state index contributed by atoms with van der Waals surface area (Å²) in [5.74, 6) is 0.807. The van der Waals surface area contributed by atoms with E-state index in [1.54, 1.807) is 109 Å². The third kappa shape index (κ3) is 19.4. The number of nitro benzene ring substituents is 4. The van der Waals surface area contributed by atoms with E-state index in [1.165, 1.54) is 70.1 Å². The number of aliphatic imine (C=N–C) groups is 2. The van der Waals surface area contributed by atoms with Crippen molar-refractivity contribution < 1.29 is 29.3 Å². The molecule has 2 amide bonds. The topological polar surface area (TPSA) is 411 Å². The predicted molar refractivity (Wildman–Crippen MR) is 497 cm³/mol. The quantitative estimate of drug-likeness (QED) is 0.0225. The van der Waals surface area contributed by atoms with E-state index in [0.717, 1.165) is 125 Å². The first-order valence-corrected chi connectivity index (χ1v) is 43.3. The first-order valence-electron chi connectivity index (χ1n) is 40.6. The zero-order chi connectivity index (χ0) is 88.3. The fourth-order valence-electron chi connectivity index (χ4n) is 15.4. The lowest BCUT2D eigenvalue weighted by Gasteiger charge is -2.23. The number of anilines is 4. The lowest BCUT2D eigenvalue weighted by Crippen LogP contribution is -2.29. The maximum Gasteiger partial charge on any atom is 0.284 e. The minimum Gasteiger partial charge on any atom is -0.359 e. The Bertz CT molecular complexity index is 6310. The Morgan fingerprint density at radius 1 is 0.445 bits per heavy atom. The van der Waals surface area contributed by atoms with Gasteiger partial charge in [0.25, 0.3) is 34.6 Å². The zero-order valence-corrected chi connectivity index (χ0v) is 70.8. The maximum absolute atomic E-state index is 12.8. The molecule has 20 rings (SSSR count). The number of non-ortho nitro benzene ring substituents is 4. The normalized spacial score (nSPS) is 19.9. The van der Waals surface area contributed by atoms with Gasteiger partial charge in [0.15, 0.2) is 11.0 Å². The van der Waals surface area contributed by atoms with Crippen LogP contribution in [-0.2, 0) is 0 Å². The number of nitrogens with zero attached hydrogens (tertiary/aromatic N) is 15. The first kappa shape index (κ1) is 84.7. The van der Waals surface area contributed by atoms with E-state index in [1.807, 2.05) is 133 Å².